The SMILES string of the molecule is CCc1nnc(N2CCN(Cc3nccn3C(F)F)CC2)nc1CC. The lowest BCUT2D eigenvalue weighted by atomic mass is 10.2. The summed E-state index contributed by atoms with van der Waals surface area (Å²) >= 11 is 0. The summed E-state index contributed by atoms with van der Waals surface area (Å²) in [5.74, 6) is 1.05. The maximum Gasteiger partial charge on any atom is 0.319 e. The highest BCUT2D eigenvalue weighted by Crippen LogP contribution is 2.17. The van der Waals surface area contributed by atoms with E-state index in [4.69, 9.17) is 0 Å². The Balaban J connectivity index is 1.61. The highest BCUT2D eigenvalue weighted by molar-refractivity contribution is 5.31. The Bertz CT molecular complexity index is 696. The number of nitrogens with zero attached hydrogens (tertiary/aromatic N) is 7. The van der Waals surface area contributed by atoms with Crippen LogP contribution in [0.2, 0.25) is 0 Å². The van der Waals surface area contributed by atoms with Crippen LogP contribution in [0.3, 0.4) is 0 Å². The molecule has 0 spiro atoms. The van der Waals surface area contributed by atoms with Gasteiger partial charge in [0.2, 0.25) is 5.95 Å². The van der Waals surface area contributed by atoms with Gasteiger partial charge < -0.3 is 4.90 Å². The van der Waals surface area contributed by atoms with E-state index in [-0.39, 0.29) is 0 Å². The summed E-state index contributed by atoms with van der Waals surface area (Å²) in [4.78, 5) is 12.9. The van der Waals surface area contributed by atoms with E-state index in [1.807, 2.05) is 6.92 Å². The van der Waals surface area contributed by atoms with E-state index in [9.17, 15) is 8.78 Å². The van der Waals surface area contributed by atoms with Crippen LogP contribution in [0, 0.1) is 0 Å². The normalized spacial score (nSPS) is 16.0. The number of rotatable bonds is 6. The molecule has 1 aliphatic rings. The zero-order chi connectivity index (χ0) is 17.8. The first-order chi connectivity index (χ1) is 12.1. The predicted octanol–water partition coefficient (Wildman–Crippen LogP) is 1.91. The Hall–Kier alpha value is -2.16. The molecule has 2 aromatic rings. The molecule has 136 valence electrons. The lowest BCUT2D eigenvalue weighted by Crippen LogP contribution is -2.47. The van der Waals surface area contributed by atoms with Crippen LogP contribution in [0.25, 0.3) is 0 Å². The number of hydrogen-bond acceptors (Lipinski definition) is 6. The van der Waals surface area contributed by atoms with Crippen LogP contribution in [0.1, 0.15) is 37.6 Å². The number of aryl methyl sites for hydroxylation is 2. The van der Waals surface area contributed by atoms with Gasteiger partial charge in [-0.2, -0.15) is 13.9 Å². The van der Waals surface area contributed by atoms with Gasteiger partial charge in [0.05, 0.1) is 17.9 Å². The summed E-state index contributed by atoms with van der Waals surface area (Å²) in [5.41, 5.74) is 1.94. The molecule has 7 nitrogen and oxygen atoms in total. The second kappa shape index (κ2) is 7.81. The average Bonchev–Trinajstić information content (AvgIpc) is 3.10. The largest absolute Gasteiger partial charge is 0.337 e. The minimum Gasteiger partial charge on any atom is -0.337 e. The van der Waals surface area contributed by atoms with Crippen LogP contribution in [0.4, 0.5) is 14.7 Å². The minimum absolute atomic E-state index is 0.391. The van der Waals surface area contributed by atoms with Crippen molar-refractivity contribution in [2.75, 3.05) is 31.1 Å². The molecule has 0 saturated carbocycles. The van der Waals surface area contributed by atoms with Crippen LogP contribution in [0.5, 0.6) is 0 Å². The molecule has 0 bridgehead atoms. The number of piperazine rings is 1. The summed E-state index contributed by atoms with van der Waals surface area (Å²) in [7, 11) is 0. The van der Waals surface area contributed by atoms with Crippen molar-refractivity contribution in [3.63, 3.8) is 0 Å². The number of hydrogen-bond donors (Lipinski definition) is 0. The number of alkyl halides is 2. The van der Waals surface area contributed by atoms with Crippen LogP contribution >= 0.6 is 0 Å². The molecule has 0 amide bonds. The van der Waals surface area contributed by atoms with Crippen molar-refractivity contribution in [3.05, 3.63) is 29.6 Å². The molecule has 1 aliphatic heterocycles. The molecule has 0 unspecified atom stereocenters. The van der Waals surface area contributed by atoms with E-state index in [0.29, 0.717) is 18.3 Å². The standard InChI is InChI=1S/C16H23F2N7/c1-3-12-13(4-2)21-22-16(20-12)24-9-7-23(8-10-24)11-14-19-5-6-25(14)15(17)18/h5-6,15H,3-4,7-11H2,1-2H3. The van der Waals surface area contributed by atoms with E-state index in [2.05, 4.69) is 36.9 Å². The zero-order valence-corrected chi connectivity index (χ0v) is 14.6. The topological polar surface area (TPSA) is 63.0 Å². The van der Waals surface area contributed by atoms with E-state index in [1.54, 1.807) is 0 Å². The van der Waals surface area contributed by atoms with E-state index < -0.39 is 6.55 Å². The molecule has 9 heteroatoms. The highest BCUT2D eigenvalue weighted by atomic mass is 19.3. The highest BCUT2D eigenvalue weighted by Gasteiger charge is 2.22. The molecule has 2 aromatic heterocycles. The molecule has 3 rings (SSSR count). The van der Waals surface area contributed by atoms with Gasteiger partial charge in [-0.1, -0.05) is 13.8 Å². The van der Waals surface area contributed by atoms with Gasteiger partial charge in [0, 0.05) is 38.6 Å². The second-order valence-corrected chi connectivity index (χ2v) is 6.00. The van der Waals surface area contributed by atoms with Gasteiger partial charge in [-0.3, -0.25) is 9.47 Å². The number of anilines is 1. The van der Waals surface area contributed by atoms with Crippen molar-refractivity contribution < 1.29 is 8.78 Å². The van der Waals surface area contributed by atoms with Gasteiger partial charge in [-0.05, 0) is 12.8 Å². The lowest BCUT2D eigenvalue weighted by Gasteiger charge is -2.34. The fourth-order valence-corrected chi connectivity index (χ4v) is 3.01. The lowest BCUT2D eigenvalue weighted by molar-refractivity contribution is 0.0636. The van der Waals surface area contributed by atoms with Gasteiger partial charge >= 0.3 is 6.55 Å². The van der Waals surface area contributed by atoms with Gasteiger partial charge in [0.1, 0.15) is 5.82 Å². The van der Waals surface area contributed by atoms with Crippen molar-refractivity contribution in [2.45, 2.75) is 39.8 Å². The van der Waals surface area contributed by atoms with Gasteiger partial charge in [0.15, 0.2) is 0 Å². The predicted molar refractivity (Wildman–Crippen MR) is 89.6 cm³/mol. The fraction of sp³-hybridized carbons (Fsp3) is 0.625. The number of imidazole rings is 1. The van der Waals surface area contributed by atoms with E-state index in [0.717, 1.165) is 55.0 Å². The maximum atomic E-state index is 12.9. The van der Waals surface area contributed by atoms with Crippen molar-refractivity contribution in [2.24, 2.45) is 0 Å². The summed E-state index contributed by atoms with van der Waals surface area (Å²) in [5, 5.41) is 8.54. The first-order valence-corrected chi connectivity index (χ1v) is 8.62. The number of halogens is 2. The Morgan fingerprint density at radius 3 is 2.40 bits per heavy atom. The van der Waals surface area contributed by atoms with Crippen LogP contribution in [0.15, 0.2) is 12.4 Å². The van der Waals surface area contributed by atoms with Crippen LogP contribution < -0.4 is 4.90 Å². The van der Waals surface area contributed by atoms with E-state index >= 15 is 0 Å². The van der Waals surface area contributed by atoms with Crippen molar-refractivity contribution >= 4 is 5.95 Å². The minimum atomic E-state index is -2.55. The summed E-state index contributed by atoms with van der Waals surface area (Å²) in [6.07, 6.45) is 4.39. The Morgan fingerprint density at radius 1 is 1.04 bits per heavy atom. The molecule has 25 heavy (non-hydrogen) atoms. The molecular weight excluding hydrogens is 328 g/mol. The first kappa shape index (κ1) is 17.7. The molecule has 0 aromatic carbocycles. The van der Waals surface area contributed by atoms with Crippen molar-refractivity contribution in [1.82, 2.24) is 29.6 Å². The third kappa shape index (κ3) is 3.92. The third-order valence-corrected chi connectivity index (χ3v) is 4.48. The summed E-state index contributed by atoms with van der Waals surface area (Å²) in [6.45, 7) is 4.95. The van der Waals surface area contributed by atoms with Crippen molar-refractivity contribution in [3.8, 4) is 0 Å². The molecule has 0 radical (unpaired) electrons. The summed E-state index contributed by atoms with van der Waals surface area (Å²) < 4.78 is 26.7. The van der Waals surface area contributed by atoms with Crippen molar-refractivity contribution in [1.29, 1.82) is 0 Å². The Morgan fingerprint density at radius 2 is 1.76 bits per heavy atom. The van der Waals surface area contributed by atoms with Gasteiger partial charge in [-0.25, -0.2) is 9.97 Å². The smallest absolute Gasteiger partial charge is 0.319 e. The first-order valence-electron chi connectivity index (χ1n) is 8.62. The van der Waals surface area contributed by atoms with Crippen LogP contribution in [-0.2, 0) is 19.4 Å². The molecule has 0 N–H and O–H groups in total. The molecule has 1 fully saturated rings. The summed E-state index contributed by atoms with van der Waals surface area (Å²) in [6, 6.07) is 0. The monoisotopic (exact) mass is 351 g/mol. The Labute approximate surface area is 145 Å². The fourth-order valence-electron chi connectivity index (χ4n) is 3.01. The van der Waals surface area contributed by atoms with E-state index in [1.165, 1.54) is 12.4 Å². The maximum absolute atomic E-state index is 12.9. The molecular formula is C16H23F2N7. The zero-order valence-electron chi connectivity index (χ0n) is 14.6. The third-order valence-electron chi connectivity index (χ3n) is 4.48. The molecule has 3 heterocycles. The average molecular weight is 351 g/mol. The Kier molecular flexibility index (Phi) is 5.52. The van der Waals surface area contributed by atoms with Gasteiger partial charge in [0.25, 0.3) is 0 Å². The van der Waals surface area contributed by atoms with Gasteiger partial charge in [-0.15, -0.1) is 5.10 Å². The number of aromatic nitrogens is 5. The molecule has 0 atom stereocenters. The molecule has 1 saturated heterocycles. The quantitative estimate of drug-likeness (QED) is 0.792. The van der Waals surface area contributed by atoms with Crippen LogP contribution in [-0.4, -0.2) is 55.8 Å². The molecule has 0 aliphatic carbocycles. The second-order valence-electron chi connectivity index (χ2n) is 6.00.